The number of methoxy groups -OCH3 is 2. The third kappa shape index (κ3) is 17.8. The Morgan fingerprint density at radius 1 is 0.525 bits per heavy atom. The number of thioether (sulfide) groups is 1. The van der Waals surface area contributed by atoms with E-state index in [9.17, 15) is 24.3 Å². The Morgan fingerprint density at radius 2 is 0.975 bits per heavy atom. The van der Waals surface area contributed by atoms with Crippen molar-refractivity contribution in [2.45, 2.75) is 205 Å². The molecule has 6 fully saturated rings. The molecule has 6 aliphatic rings. The molecule has 6 heterocycles. The van der Waals surface area contributed by atoms with Crippen molar-refractivity contribution in [3.05, 3.63) is 66.2 Å². The van der Waals surface area contributed by atoms with Crippen LogP contribution < -0.4 is 0 Å². The summed E-state index contributed by atoms with van der Waals surface area (Å²) in [6.07, 6.45) is -9.61. The van der Waals surface area contributed by atoms with E-state index in [1.165, 1.54) is 41.9 Å². The average molecular weight is 1150 g/mol. The highest BCUT2D eigenvalue weighted by molar-refractivity contribution is 7.99. The van der Waals surface area contributed by atoms with Gasteiger partial charge in [-0.05, 0) is 69.1 Å². The summed E-state index contributed by atoms with van der Waals surface area (Å²) in [4.78, 5) is 47.9. The number of hydrogen-bond acceptors (Lipinski definition) is 22. The lowest BCUT2D eigenvalue weighted by Crippen LogP contribution is -2.50. The van der Waals surface area contributed by atoms with Crippen molar-refractivity contribution in [3.8, 4) is 0 Å². The van der Waals surface area contributed by atoms with Gasteiger partial charge in [-0.25, -0.2) is 0 Å². The topological polar surface area (TPSA) is 236 Å². The standard InChI is InChI=1S/C23H38O10.C23H28O4S.C12H20O7/c1-11-9-27-22(17(29-14(4)24)13(3)12(11)2)31-16-10-28-21(26-8)20(30-15(5)25)19-18(16)32-23(6,7)33-19;1-16-14-26-23(28-20-12-8-5-9-13-20)22(27-18(3)24)21(17(16)2)25-15-19-10-6-4-7-11-19;1-6(13)17-10-9-8(18-12(2,3)19-9)7(14)5-16-11(10)15-4/h11-13,16-22H,9-10H2,1-8H3;4-13,16-17,21-23H,14-15H2,1-3H3;7-11,14H,5H2,1-4H3/t11-,12-,13+,16-,17+,18-,19?,20+,21+,22-;16-,17-,21+,22+,23-;7-,8-,9?,10+,11+/m111/s1. The Kier molecular flexibility index (Phi) is 24.2. The quantitative estimate of drug-likeness (QED) is 0.161. The summed E-state index contributed by atoms with van der Waals surface area (Å²) < 4.78 is 92.7. The fraction of sp³-hybridized carbons (Fsp3) is 0.724. The summed E-state index contributed by atoms with van der Waals surface area (Å²) in [7, 11) is 2.91. The van der Waals surface area contributed by atoms with E-state index in [0.717, 1.165) is 10.5 Å². The van der Waals surface area contributed by atoms with Gasteiger partial charge in [-0.3, -0.25) is 19.2 Å². The SMILES string of the molecule is CC(=O)O[C@H]1[C@@H](OCc2ccccc2)[C@H](C)[C@H](C)CO[C@@H]1Sc1ccccc1.CO[C@H]1OC[C@@H](O)[C@H]2OC(C)(C)OC2[C@@H]1OC(C)=O.CO[C@H]1OC[C@@H](O[C@H]2OC[C@@H](C)[C@@H](C)[C@H](C)[C@@H]2OC(C)=O)[C@H]2OC(C)(C)OC2[C@@H]1OC(C)=O. The third-order valence-electron chi connectivity index (χ3n) is 14.9. The van der Waals surface area contributed by atoms with Crippen LogP contribution in [0, 0.1) is 29.6 Å². The van der Waals surface area contributed by atoms with Gasteiger partial charge in [0.2, 0.25) is 0 Å². The second kappa shape index (κ2) is 29.6. The zero-order chi connectivity index (χ0) is 58.6. The van der Waals surface area contributed by atoms with Crippen LogP contribution in [0.15, 0.2) is 65.6 Å². The summed E-state index contributed by atoms with van der Waals surface area (Å²) in [5, 5.41) is 10.0. The Bertz CT molecular complexity index is 2260. The Labute approximate surface area is 475 Å². The fourth-order valence-electron chi connectivity index (χ4n) is 10.5. The van der Waals surface area contributed by atoms with Gasteiger partial charge in [0.1, 0.15) is 48.2 Å². The molecule has 2 aromatic rings. The van der Waals surface area contributed by atoms with Crippen LogP contribution in [0.25, 0.3) is 0 Å². The highest BCUT2D eigenvalue weighted by Gasteiger charge is 2.57. The van der Waals surface area contributed by atoms with Crippen LogP contribution in [0.4, 0.5) is 0 Å². The molecule has 0 saturated carbocycles. The molecule has 80 heavy (non-hydrogen) atoms. The minimum absolute atomic E-state index is 0.00315. The zero-order valence-electron chi connectivity index (χ0n) is 48.9. The fourth-order valence-corrected chi connectivity index (χ4v) is 11.6. The van der Waals surface area contributed by atoms with Crippen LogP contribution in [0.3, 0.4) is 0 Å². The molecule has 0 spiro atoms. The molecule has 0 aliphatic carbocycles. The number of ether oxygens (including phenoxy) is 16. The van der Waals surface area contributed by atoms with Crippen molar-refractivity contribution in [3.63, 3.8) is 0 Å². The summed E-state index contributed by atoms with van der Waals surface area (Å²) in [6.45, 7) is 24.6. The highest BCUT2D eigenvalue weighted by Crippen LogP contribution is 2.41. The van der Waals surface area contributed by atoms with Gasteiger partial charge >= 0.3 is 23.9 Å². The van der Waals surface area contributed by atoms with E-state index in [-0.39, 0.29) is 54.4 Å². The predicted molar refractivity (Wildman–Crippen MR) is 287 cm³/mol. The number of aliphatic hydroxyl groups is 1. The molecule has 2 aromatic carbocycles. The molecule has 450 valence electrons. The number of carbonyl (C=O) groups excluding carboxylic acids is 4. The first-order valence-electron chi connectivity index (χ1n) is 27.4. The second-order valence-electron chi connectivity index (χ2n) is 22.2. The summed E-state index contributed by atoms with van der Waals surface area (Å²) >= 11 is 1.58. The molecule has 2 unspecified atom stereocenters. The highest BCUT2D eigenvalue weighted by atomic mass is 32.2. The van der Waals surface area contributed by atoms with Crippen molar-refractivity contribution in [1.29, 1.82) is 0 Å². The monoisotopic (exact) mass is 1150 g/mol. The molecule has 6 saturated heterocycles. The number of esters is 4. The first-order valence-corrected chi connectivity index (χ1v) is 28.3. The Morgan fingerprint density at radius 3 is 1.52 bits per heavy atom. The predicted octanol–water partition coefficient (Wildman–Crippen LogP) is 6.75. The van der Waals surface area contributed by atoms with E-state index < -0.39 is 109 Å². The van der Waals surface area contributed by atoms with Crippen LogP contribution in [0.2, 0.25) is 0 Å². The molecular weight excluding hydrogens is 1060 g/mol. The van der Waals surface area contributed by atoms with E-state index in [4.69, 9.17) is 75.8 Å². The van der Waals surface area contributed by atoms with Crippen LogP contribution in [-0.4, -0.2) is 173 Å². The van der Waals surface area contributed by atoms with E-state index in [0.29, 0.717) is 25.7 Å². The first-order chi connectivity index (χ1) is 37.8. The molecule has 22 heteroatoms. The number of fused-ring (bicyclic) bond motifs is 2. The van der Waals surface area contributed by atoms with Crippen molar-refractivity contribution in [2.75, 3.05) is 40.6 Å². The lowest BCUT2D eigenvalue weighted by Gasteiger charge is -2.34. The Balaban J connectivity index is 0.000000200. The van der Waals surface area contributed by atoms with Gasteiger partial charge < -0.3 is 80.9 Å². The number of rotatable bonds is 13. The summed E-state index contributed by atoms with van der Waals surface area (Å²) in [5.74, 6) is -2.51. The normalized spacial score (nSPS) is 37.4. The number of hydrogen-bond donors (Lipinski definition) is 1. The molecular formula is C58H86O21S. The number of benzene rings is 2. The van der Waals surface area contributed by atoms with Crippen LogP contribution >= 0.6 is 11.8 Å². The molecule has 0 radical (unpaired) electrons. The molecule has 21 nitrogen and oxygen atoms in total. The first kappa shape index (κ1) is 65.3. The Hall–Kier alpha value is -3.85. The van der Waals surface area contributed by atoms with Crippen LogP contribution in [0.1, 0.15) is 95.6 Å². The van der Waals surface area contributed by atoms with Crippen molar-refractivity contribution >= 4 is 35.6 Å². The minimum Gasteiger partial charge on any atom is -0.457 e. The largest absolute Gasteiger partial charge is 0.457 e. The molecule has 6 aliphatic heterocycles. The van der Waals surface area contributed by atoms with E-state index in [1.807, 2.05) is 67.6 Å². The van der Waals surface area contributed by atoms with E-state index in [1.54, 1.807) is 39.5 Å². The smallest absolute Gasteiger partial charge is 0.303 e. The van der Waals surface area contributed by atoms with Gasteiger partial charge in [0.25, 0.3) is 0 Å². The van der Waals surface area contributed by atoms with Gasteiger partial charge in [-0.2, -0.15) is 0 Å². The zero-order valence-corrected chi connectivity index (χ0v) is 49.7. The summed E-state index contributed by atoms with van der Waals surface area (Å²) in [5.41, 5.74) is 0.779. The van der Waals surface area contributed by atoms with Gasteiger partial charge in [0, 0.05) is 52.7 Å². The lowest BCUT2D eigenvalue weighted by molar-refractivity contribution is -0.263. The number of aliphatic hydroxyl groups excluding tert-OH is 1. The van der Waals surface area contributed by atoms with Gasteiger partial charge in [0.15, 0.2) is 54.9 Å². The average Bonchev–Trinajstić information content (AvgIpc) is 3.85. The summed E-state index contributed by atoms with van der Waals surface area (Å²) in [6, 6.07) is 20.1. The molecule has 0 aromatic heterocycles. The van der Waals surface area contributed by atoms with Crippen molar-refractivity contribution in [1.82, 2.24) is 0 Å². The van der Waals surface area contributed by atoms with Crippen molar-refractivity contribution in [2.24, 2.45) is 29.6 Å². The van der Waals surface area contributed by atoms with E-state index in [2.05, 4.69) is 27.7 Å². The molecule has 0 amide bonds. The maximum atomic E-state index is 11.9. The van der Waals surface area contributed by atoms with Gasteiger partial charge in [-0.15, -0.1) is 0 Å². The van der Waals surface area contributed by atoms with Crippen LogP contribution in [0.5, 0.6) is 0 Å². The van der Waals surface area contributed by atoms with Crippen LogP contribution in [-0.2, 0) is 102 Å². The van der Waals surface area contributed by atoms with Crippen molar-refractivity contribution < 1.29 is 100 Å². The molecule has 8 rings (SSSR count). The molecule has 20 atom stereocenters. The number of carbonyl (C=O) groups is 4. The third-order valence-corrected chi connectivity index (χ3v) is 16.1. The maximum Gasteiger partial charge on any atom is 0.303 e. The minimum atomic E-state index is -0.944. The second-order valence-corrected chi connectivity index (χ2v) is 23.3. The molecule has 1 N–H and O–H groups in total. The lowest BCUT2D eigenvalue weighted by atomic mass is 9.83. The van der Waals surface area contributed by atoms with Gasteiger partial charge in [-0.1, -0.05) is 94.9 Å². The van der Waals surface area contributed by atoms with E-state index >= 15 is 0 Å². The van der Waals surface area contributed by atoms with Gasteiger partial charge in [0.05, 0.1) is 33.0 Å². The maximum absolute atomic E-state index is 11.9. The molecule has 0 bridgehead atoms.